The number of pyridine rings is 1. The Bertz CT molecular complexity index is 1120. The number of benzene rings is 2. The van der Waals surface area contributed by atoms with Gasteiger partial charge in [-0.1, -0.05) is 42.5 Å². The van der Waals surface area contributed by atoms with Gasteiger partial charge in [-0.25, -0.2) is 9.37 Å². The summed E-state index contributed by atoms with van der Waals surface area (Å²) in [5, 5.41) is 3.08. The Hall–Kier alpha value is -3.54. The van der Waals surface area contributed by atoms with E-state index in [0.717, 1.165) is 11.1 Å². The normalized spacial score (nSPS) is 10.9. The summed E-state index contributed by atoms with van der Waals surface area (Å²) in [6.45, 7) is 0.806. The molecule has 2 aromatic heterocycles. The number of nitrogens with one attached hydrogen (secondary N) is 1. The Labute approximate surface area is 155 Å². The second kappa shape index (κ2) is 7.37. The molecule has 0 amide bonds. The van der Waals surface area contributed by atoms with Crippen molar-refractivity contribution in [1.29, 1.82) is 0 Å². The molecule has 0 aliphatic carbocycles. The van der Waals surface area contributed by atoms with Crippen molar-refractivity contribution in [2.45, 2.75) is 13.1 Å². The molecular formula is C21H17FN4O. The van der Waals surface area contributed by atoms with Crippen molar-refractivity contribution in [2.75, 3.05) is 5.32 Å². The zero-order valence-electron chi connectivity index (χ0n) is 14.5. The van der Waals surface area contributed by atoms with Gasteiger partial charge in [0.25, 0.3) is 5.56 Å². The molecule has 27 heavy (non-hydrogen) atoms. The fraction of sp³-hybridized carbons (Fsp3) is 0.0952. The lowest BCUT2D eigenvalue weighted by atomic mass is 10.2. The molecule has 6 heteroatoms. The van der Waals surface area contributed by atoms with Crippen LogP contribution in [-0.2, 0) is 13.1 Å². The molecule has 0 spiro atoms. The average Bonchev–Trinajstić information content (AvgIpc) is 2.71. The lowest BCUT2D eigenvalue weighted by molar-refractivity contribution is 0.627. The van der Waals surface area contributed by atoms with E-state index in [2.05, 4.69) is 15.3 Å². The van der Waals surface area contributed by atoms with Crippen molar-refractivity contribution >= 4 is 16.9 Å². The molecule has 0 bridgehead atoms. The smallest absolute Gasteiger partial charge is 0.294 e. The standard InChI is InChI=1S/C21H17FN4O/c22-17-8-6-15(7-9-17)12-24-20-21(27)26(14-16-4-2-1-3-5-16)19-13-23-11-10-18(19)25-20/h1-11,13H,12,14H2,(H,24,25). The summed E-state index contributed by atoms with van der Waals surface area (Å²) in [4.78, 5) is 21.6. The van der Waals surface area contributed by atoms with E-state index < -0.39 is 0 Å². The third kappa shape index (κ3) is 3.69. The Morgan fingerprint density at radius 3 is 2.52 bits per heavy atom. The van der Waals surface area contributed by atoms with Crippen LogP contribution in [0.3, 0.4) is 0 Å². The van der Waals surface area contributed by atoms with Crippen LogP contribution in [0.2, 0.25) is 0 Å². The van der Waals surface area contributed by atoms with Crippen LogP contribution in [0.15, 0.2) is 77.9 Å². The monoisotopic (exact) mass is 360 g/mol. The van der Waals surface area contributed by atoms with Gasteiger partial charge in [0.05, 0.1) is 23.8 Å². The highest BCUT2D eigenvalue weighted by Gasteiger charge is 2.11. The number of aromatic nitrogens is 3. The summed E-state index contributed by atoms with van der Waals surface area (Å²) in [7, 11) is 0. The Kier molecular flexibility index (Phi) is 4.61. The van der Waals surface area contributed by atoms with E-state index in [9.17, 15) is 9.18 Å². The zero-order chi connectivity index (χ0) is 18.6. The van der Waals surface area contributed by atoms with E-state index in [1.54, 1.807) is 35.2 Å². The van der Waals surface area contributed by atoms with E-state index >= 15 is 0 Å². The van der Waals surface area contributed by atoms with Crippen LogP contribution in [0.5, 0.6) is 0 Å². The van der Waals surface area contributed by atoms with E-state index in [1.807, 2.05) is 30.3 Å². The minimum Gasteiger partial charge on any atom is -0.361 e. The number of hydrogen-bond donors (Lipinski definition) is 1. The van der Waals surface area contributed by atoms with Crippen LogP contribution in [0.25, 0.3) is 11.0 Å². The highest BCUT2D eigenvalue weighted by atomic mass is 19.1. The minimum atomic E-state index is -0.291. The lowest BCUT2D eigenvalue weighted by Gasteiger charge is -2.13. The predicted octanol–water partition coefficient (Wildman–Crippen LogP) is 3.59. The van der Waals surface area contributed by atoms with Crippen molar-refractivity contribution in [2.24, 2.45) is 0 Å². The number of nitrogens with zero attached hydrogens (tertiary/aromatic N) is 3. The molecule has 0 aliphatic heterocycles. The Balaban J connectivity index is 1.71. The van der Waals surface area contributed by atoms with E-state index in [1.165, 1.54) is 12.1 Å². The van der Waals surface area contributed by atoms with Crippen LogP contribution in [0.4, 0.5) is 10.2 Å². The Morgan fingerprint density at radius 1 is 0.963 bits per heavy atom. The number of halogens is 1. The van der Waals surface area contributed by atoms with Crippen molar-refractivity contribution in [3.05, 3.63) is 100 Å². The fourth-order valence-electron chi connectivity index (χ4n) is 2.91. The van der Waals surface area contributed by atoms with Gasteiger partial charge in [0.15, 0.2) is 5.82 Å². The minimum absolute atomic E-state index is 0.221. The van der Waals surface area contributed by atoms with Gasteiger partial charge in [0.1, 0.15) is 5.82 Å². The molecule has 2 aromatic carbocycles. The maximum Gasteiger partial charge on any atom is 0.294 e. The first-order chi connectivity index (χ1) is 13.2. The summed E-state index contributed by atoms with van der Waals surface area (Å²) in [6.07, 6.45) is 3.30. The van der Waals surface area contributed by atoms with E-state index in [4.69, 9.17) is 0 Å². The molecule has 0 radical (unpaired) electrons. The summed E-state index contributed by atoms with van der Waals surface area (Å²) in [5.41, 5.74) is 3.02. The molecule has 0 saturated heterocycles. The topological polar surface area (TPSA) is 59.8 Å². The fourth-order valence-corrected chi connectivity index (χ4v) is 2.91. The number of anilines is 1. The summed E-state index contributed by atoms with van der Waals surface area (Å²) < 4.78 is 14.7. The quantitative estimate of drug-likeness (QED) is 0.591. The molecule has 5 nitrogen and oxygen atoms in total. The molecule has 1 N–H and O–H groups in total. The second-order valence-electron chi connectivity index (χ2n) is 6.18. The first-order valence-electron chi connectivity index (χ1n) is 8.57. The summed E-state index contributed by atoms with van der Waals surface area (Å²) >= 11 is 0. The highest BCUT2D eigenvalue weighted by molar-refractivity contribution is 5.75. The first kappa shape index (κ1) is 16.9. The predicted molar refractivity (Wildman–Crippen MR) is 103 cm³/mol. The van der Waals surface area contributed by atoms with E-state index in [0.29, 0.717) is 24.1 Å². The van der Waals surface area contributed by atoms with Crippen molar-refractivity contribution < 1.29 is 4.39 Å². The maximum atomic E-state index is 13.1. The summed E-state index contributed by atoms with van der Waals surface area (Å²) in [5.74, 6) is -0.0331. The lowest BCUT2D eigenvalue weighted by Crippen LogP contribution is -2.26. The second-order valence-corrected chi connectivity index (χ2v) is 6.18. The molecule has 134 valence electrons. The Morgan fingerprint density at radius 2 is 1.74 bits per heavy atom. The van der Waals surface area contributed by atoms with Crippen LogP contribution in [0, 0.1) is 5.82 Å². The average molecular weight is 360 g/mol. The van der Waals surface area contributed by atoms with Crippen LogP contribution < -0.4 is 10.9 Å². The van der Waals surface area contributed by atoms with Gasteiger partial charge in [-0.05, 0) is 29.3 Å². The molecule has 0 fully saturated rings. The largest absolute Gasteiger partial charge is 0.361 e. The van der Waals surface area contributed by atoms with Crippen LogP contribution >= 0.6 is 0 Å². The molecule has 4 rings (SSSR count). The number of fused-ring (bicyclic) bond motifs is 1. The maximum absolute atomic E-state index is 13.1. The number of rotatable bonds is 5. The van der Waals surface area contributed by atoms with Gasteiger partial charge in [0.2, 0.25) is 0 Å². The summed E-state index contributed by atoms with van der Waals surface area (Å²) in [6, 6.07) is 17.7. The van der Waals surface area contributed by atoms with Gasteiger partial charge in [-0.15, -0.1) is 0 Å². The van der Waals surface area contributed by atoms with Crippen molar-refractivity contribution in [3.8, 4) is 0 Å². The first-order valence-corrected chi connectivity index (χ1v) is 8.57. The van der Waals surface area contributed by atoms with Gasteiger partial charge in [-0.2, -0.15) is 0 Å². The van der Waals surface area contributed by atoms with Gasteiger partial charge < -0.3 is 5.32 Å². The van der Waals surface area contributed by atoms with Gasteiger partial charge in [-0.3, -0.25) is 14.3 Å². The molecule has 2 heterocycles. The molecule has 0 saturated carbocycles. The molecule has 0 unspecified atom stereocenters. The van der Waals surface area contributed by atoms with Crippen LogP contribution in [-0.4, -0.2) is 14.5 Å². The van der Waals surface area contributed by atoms with Gasteiger partial charge >= 0.3 is 0 Å². The van der Waals surface area contributed by atoms with Crippen LogP contribution in [0.1, 0.15) is 11.1 Å². The molecular weight excluding hydrogens is 343 g/mol. The van der Waals surface area contributed by atoms with Crippen molar-refractivity contribution in [1.82, 2.24) is 14.5 Å². The number of hydrogen-bond acceptors (Lipinski definition) is 4. The zero-order valence-corrected chi connectivity index (χ0v) is 14.5. The third-order valence-corrected chi connectivity index (χ3v) is 4.31. The third-order valence-electron chi connectivity index (χ3n) is 4.31. The van der Waals surface area contributed by atoms with Gasteiger partial charge in [0, 0.05) is 12.7 Å². The SMILES string of the molecule is O=c1c(NCc2ccc(F)cc2)nc2ccncc2n1Cc1ccccc1. The molecule has 4 aromatic rings. The molecule has 0 atom stereocenters. The van der Waals surface area contributed by atoms with Crippen molar-refractivity contribution in [3.63, 3.8) is 0 Å². The van der Waals surface area contributed by atoms with E-state index in [-0.39, 0.29) is 17.2 Å². The molecule has 0 aliphatic rings. The highest BCUT2D eigenvalue weighted by Crippen LogP contribution is 2.13.